The number of benzene rings is 1. The van der Waals surface area contributed by atoms with Gasteiger partial charge < -0.3 is 25.1 Å². The highest BCUT2D eigenvalue weighted by Gasteiger charge is 2.22. The number of carbonyl (C=O) groups is 1. The van der Waals surface area contributed by atoms with Crippen molar-refractivity contribution < 1.29 is 14.3 Å². The van der Waals surface area contributed by atoms with Crippen LogP contribution in [0, 0.1) is 5.92 Å². The van der Waals surface area contributed by atoms with Crippen molar-refractivity contribution in [3.8, 4) is 17.1 Å². The Balaban J connectivity index is 1.15. The maximum atomic E-state index is 12.2. The fourth-order valence-corrected chi connectivity index (χ4v) is 5.36. The lowest BCUT2D eigenvalue weighted by Gasteiger charge is -2.26. The molecule has 2 fully saturated rings. The first-order valence-electron chi connectivity index (χ1n) is 13.3. The zero-order valence-corrected chi connectivity index (χ0v) is 22.7. The number of imidazole rings is 1. The third-order valence-corrected chi connectivity index (χ3v) is 7.66. The van der Waals surface area contributed by atoms with Crippen LogP contribution in [0.25, 0.3) is 22.6 Å². The van der Waals surface area contributed by atoms with Gasteiger partial charge >= 0.3 is 0 Å². The Kier molecular flexibility index (Phi) is 8.91. The van der Waals surface area contributed by atoms with E-state index in [-0.39, 0.29) is 11.8 Å². The molecule has 3 heterocycles. The molecular formula is C27H35BrN6O3. The van der Waals surface area contributed by atoms with Gasteiger partial charge in [-0.1, -0.05) is 12.8 Å². The Morgan fingerprint density at radius 1 is 1.16 bits per heavy atom. The number of halogens is 1. The van der Waals surface area contributed by atoms with Gasteiger partial charge in [-0.25, -0.2) is 9.97 Å². The second kappa shape index (κ2) is 12.7. The highest BCUT2D eigenvalue weighted by Crippen LogP contribution is 2.31. The molecular weight excluding hydrogens is 536 g/mol. The number of anilines is 1. The normalized spacial score (nSPS) is 16.8. The van der Waals surface area contributed by atoms with E-state index >= 15 is 0 Å². The summed E-state index contributed by atoms with van der Waals surface area (Å²) < 4.78 is 12.2. The molecule has 2 aliphatic rings. The molecule has 3 N–H and O–H groups in total. The highest BCUT2D eigenvalue weighted by molar-refractivity contribution is 9.10. The number of pyridine rings is 1. The summed E-state index contributed by atoms with van der Waals surface area (Å²) in [5.41, 5.74) is 3.40. The number of ether oxygens (including phenoxy) is 2. The lowest BCUT2D eigenvalue weighted by molar-refractivity contribution is -0.124. The lowest BCUT2D eigenvalue weighted by Crippen LogP contribution is -2.38. The maximum Gasteiger partial charge on any atom is 0.223 e. The molecule has 0 unspecified atom stereocenters. The maximum absolute atomic E-state index is 12.2. The quantitative estimate of drug-likeness (QED) is 0.297. The molecule has 0 bridgehead atoms. The van der Waals surface area contributed by atoms with Crippen molar-refractivity contribution in [3.05, 3.63) is 34.9 Å². The number of fused-ring (bicyclic) bond motifs is 1. The van der Waals surface area contributed by atoms with Gasteiger partial charge in [0.25, 0.3) is 0 Å². The molecule has 5 rings (SSSR count). The Bertz CT molecular complexity index is 1170. The minimum Gasteiger partial charge on any atom is -0.492 e. The van der Waals surface area contributed by atoms with Crippen molar-refractivity contribution in [2.24, 2.45) is 5.92 Å². The molecule has 1 saturated carbocycles. The number of rotatable bonds is 11. The van der Waals surface area contributed by atoms with Gasteiger partial charge in [0.1, 0.15) is 23.7 Å². The summed E-state index contributed by atoms with van der Waals surface area (Å²) in [5.74, 6) is 2.02. The van der Waals surface area contributed by atoms with E-state index in [0.717, 1.165) is 91.5 Å². The van der Waals surface area contributed by atoms with Gasteiger partial charge in [-0.15, -0.1) is 0 Å². The minimum absolute atomic E-state index is 0.205. The molecule has 1 aromatic carbocycles. The van der Waals surface area contributed by atoms with E-state index in [1.165, 1.54) is 12.8 Å². The number of amides is 1. The topological polar surface area (TPSA) is 104 Å². The molecule has 3 aromatic rings. The lowest BCUT2D eigenvalue weighted by atomic mass is 10.1. The standard InChI is InChI=1S/C27H35BrN6O3/c28-22-18-31-26-24(23(22)29-10-3-11-30-27(35)20-4-1-2-5-20)32-25(33-26)19-6-8-21(9-7-19)37-17-14-34-12-15-36-16-13-34/h6-9,18,20H,1-5,10-17H2,(H,30,35)(H2,29,31,32,33). The molecule has 1 aliphatic carbocycles. The van der Waals surface area contributed by atoms with Crippen molar-refractivity contribution in [2.45, 2.75) is 32.1 Å². The number of H-pyrrole nitrogens is 1. The SMILES string of the molecule is O=C(NCCCNc1c(Br)cnc2nc(-c3ccc(OCCN4CCOCC4)cc3)[nH]c12)C1CCCC1. The van der Waals surface area contributed by atoms with Gasteiger partial charge in [-0.05, 0) is 59.5 Å². The molecule has 0 spiro atoms. The molecule has 1 amide bonds. The zero-order valence-electron chi connectivity index (χ0n) is 21.1. The van der Waals surface area contributed by atoms with Gasteiger partial charge in [0.05, 0.1) is 23.4 Å². The smallest absolute Gasteiger partial charge is 0.223 e. The van der Waals surface area contributed by atoms with Crippen LogP contribution in [0.15, 0.2) is 34.9 Å². The number of carbonyl (C=O) groups excluding carboxylic acids is 1. The second-order valence-electron chi connectivity index (χ2n) is 9.64. The Morgan fingerprint density at radius 2 is 1.95 bits per heavy atom. The van der Waals surface area contributed by atoms with Crippen molar-refractivity contribution in [1.29, 1.82) is 0 Å². The number of hydrogen-bond donors (Lipinski definition) is 3. The van der Waals surface area contributed by atoms with Gasteiger partial charge in [-0.3, -0.25) is 9.69 Å². The van der Waals surface area contributed by atoms with Crippen LogP contribution >= 0.6 is 15.9 Å². The number of nitrogens with one attached hydrogen (secondary N) is 3. The van der Waals surface area contributed by atoms with Crippen molar-refractivity contribution in [1.82, 2.24) is 25.2 Å². The Labute approximate surface area is 225 Å². The molecule has 198 valence electrons. The summed E-state index contributed by atoms with van der Waals surface area (Å²) in [5, 5.41) is 6.56. The summed E-state index contributed by atoms with van der Waals surface area (Å²) in [6.45, 7) is 6.48. The van der Waals surface area contributed by atoms with Crippen LogP contribution in [0.5, 0.6) is 5.75 Å². The first-order valence-corrected chi connectivity index (χ1v) is 14.1. The molecule has 2 aromatic heterocycles. The van der Waals surface area contributed by atoms with Crippen LogP contribution in [0.3, 0.4) is 0 Å². The van der Waals surface area contributed by atoms with Crippen LogP contribution in [-0.2, 0) is 9.53 Å². The first kappa shape index (κ1) is 25.9. The third-order valence-electron chi connectivity index (χ3n) is 7.06. The van der Waals surface area contributed by atoms with Gasteiger partial charge in [0, 0.05) is 50.4 Å². The summed E-state index contributed by atoms with van der Waals surface area (Å²) in [4.78, 5) is 27.2. The molecule has 10 heteroatoms. The molecule has 0 atom stereocenters. The average Bonchev–Trinajstić information content (AvgIpc) is 3.61. The molecule has 37 heavy (non-hydrogen) atoms. The summed E-state index contributed by atoms with van der Waals surface area (Å²) in [6.07, 6.45) is 7.00. The Morgan fingerprint density at radius 3 is 2.73 bits per heavy atom. The monoisotopic (exact) mass is 570 g/mol. The zero-order chi connectivity index (χ0) is 25.5. The predicted molar refractivity (Wildman–Crippen MR) is 148 cm³/mol. The van der Waals surface area contributed by atoms with Crippen LogP contribution in [0.4, 0.5) is 5.69 Å². The fourth-order valence-electron chi connectivity index (χ4n) is 4.92. The summed E-state index contributed by atoms with van der Waals surface area (Å²) >= 11 is 3.61. The van der Waals surface area contributed by atoms with Crippen molar-refractivity contribution in [2.75, 3.05) is 57.9 Å². The fraction of sp³-hybridized carbons (Fsp3) is 0.519. The van der Waals surface area contributed by atoms with E-state index in [4.69, 9.17) is 14.5 Å². The van der Waals surface area contributed by atoms with Crippen molar-refractivity contribution in [3.63, 3.8) is 0 Å². The highest BCUT2D eigenvalue weighted by atomic mass is 79.9. The van der Waals surface area contributed by atoms with E-state index in [1.807, 2.05) is 24.3 Å². The largest absolute Gasteiger partial charge is 0.492 e. The summed E-state index contributed by atoms with van der Waals surface area (Å²) in [6, 6.07) is 7.97. The predicted octanol–water partition coefficient (Wildman–Crippen LogP) is 4.21. The third kappa shape index (κ3) is 6.80. The molecule has 9 nitrogen and oxygen atoms in total. The average molecular weight is 572 g/mol. The summed E-state index contributed by atoms with van der Waals surface area (Å²) in [7, 11) is 0. The second-order valence-corrected chi connectivity index (χ2v) is 10.5. The number of nitrogens with zero attached hydrogens (tertiary/aromatic N) is 3. The van der Waals surface area contributed by atoms with E-state index < -0.39 is 0 Å². The van der Waals surface area contributed by atoms with Crippen LogP contribution in [0.2, 0.25) is 0 Å². The van der Waals surface area contributed by atoms with E-state index in [9.17, 15) is 4.79 Å². The van der Waals surface area contributed by atoms with E-state index in [2.05, 4.69) is 41.4 Å². The minimum atomic E-state index is 0.205. The number of aromatic amines is 1. The first-order chi connectivity index (χ1) is 18.2. The van der Waals surface area contributed by atoms with Crippen LogP contribution < -0.4 is 15.4 Å². The van der Waals surface area contributed by atoms with Crippen molar-refractivity contribution >= 4 is 38.7 Å². The van der Waals surface area contributed by atoms with E-state index in [0.29, 0.717) is 18.8 Å². The number of aromatic nitrogens is 3. The van der Waals surface area contributed by atoms with Crippen LogP contribution in [0.1, 0.15) is 32.1 Å². The molecule has 1 aliphatic heterocycles. The molecule has 1 saturated heterocycles. The molecule has 0 radical (unpaired) electrons. The Hall–Kier alpha value is -2.69. The van der Waals surface area contributed by atoms with Gasteiger partial charge in [0.2, 0.25) is 5.91 Å². The van der Waals surface area contributed by atoms with Gasteiger partial charge in [-0.2, -0.15) is 0 Å². The van der Waals surface area contributed by atoms with Crippen LogP contribution in [-0.4, -0.2) is 78.3 Å². The number of hydrogen-bond acceptors (Lipinski definition) is 7. The van der Waals surface area contributed by atoms with E-state index in [1.54, 1.807) is 6.20 Å². The number of morpholine rings is 1. The van der Waals surface area contributed by atoms with Gasteiger partial charge in [0.15, 0.2) is 5.65 Å².